The van der Waals surface area contributed by atoms with Gasteiger partial charge in [-0.3, -0.25) is 4.79 Å². The van der Waals surface area contributed by atoms with Crippen molar-refractivity contribution in [2.75, 3.05) is 26.1 Å². The van der Waals surface area contributed by atoms with Crippen LogP contribution in [0.1, 0.15) is 24.2 Å². The van der Waals surface area contributed by atoms with E-state index >= 15 is 0 Å². The molecule has 1 amide bonds. The highest BCUT2D eigenvalue weighted by atomic mass is 16.5. The van der Waals surface area contributed by atoms with E-state index in [9.17, 15) is 4.79 Å². The van der Waals surface area contributed by atoms with Gasteiger partial charge >= 0.3 is 0 Å². The summed E-state index contributed by atoms with van der Waals surface area (Å²) in [7, 11) is 3.07. The number of methoxy groups -OCH3 is 2. The van der Waals surface area contributed by atoms with Gasteiger partial charge in [0.15, 0.2) is 17.3 Å². The summed E-state index contributed by atoms with van der Waals surface area (Å²) in [5.41, 5.74) is 1.71. The van der Waals surface area contributed by atoms with Gasteiger partial charge in [-0.2, -0.15) is 9.94 Å². The molecule has 0 aliphatic heterocycles. The first-order valence-electron chi connectivity index (χ1n) is 9.50. The average molecular weight is 422 g/mol. The maximum atomic E-state index is 12.3. The number of benzene rings is 2. The van der Waals surface area contributed by atoms with Crippen LogP contribution in [0.25, 0.3) is 5.69 Å². The monoisotopic (exact) mass is 422 g/mol. The Morgan fingerprint density at radius 2 is 1.90 bits per heavy atom. The molecule has 0 unspecified atom stereocenters. The average Bonchev–Trinajstić information content (AvgIpc) is 3.22. The summed E-state index contributed by atoms with van der Waals surface area (Å²) in [6.07, 6.45) is 0.772. The highest BCUT2D eigenvalue weighted by molar-refractivity contribution is 5.91. The van der Waals surface area contributed by atoms with E-state index < -0.39 is 0 Å². The predicted octanol–water partition coefficient (Wildman–Crippen LogP) is 2.66. The molecule has 0 bridgehead atoms. The molecule has 160 valence electrons. The summed E-state index contributed by atoms with van der Waals surface area (Å²) in [6, 6.07) is 12.2. The molecule has 0 saturated carbocycles. The highest BCUT2D eigenvalue weighted by Crippen LogP contribution is 2.28. The topological polar surface area (TPSA) is 124 Å². The molecule has 1 aromatic heterocycles. The molecule has 0 aliphatic rings. The van der Waals surface area contributed by atoms with Gasteiger partial charge in [0.2, 0.25) is 5.91 Å². The van der Waals surface area contributed by atoms with Crippen LogP contribution in [0.3, 0.4) is 0 Å². The fourth-order valence-corrected chi connectivity index (χ4v) is 2.88. The number of tetrazole rings is 1. The molecule has 1 N–H and O–H groups in total. The maximum Gasteiger partial charge on any atom is 0.224 e. The fraction of sp³-hybridized carbons (Fsp3) is 0.286. The number of rotatable bonds is 9. The Balaban J connectivity index is 1.56. The molecule has 3 aromatic rings. The van der Waals surface area contributed by atoms with Crippen LogP contribution in [0.4, 0.5) is 5.69 Å². The molecule has 0 radical (unpaired) electrons. The molecular weight excluding hydrogens is 400 g/mol. The number of amides is 1. The summed E-state index contributed by atoms with van der Waals surface area (Å²) in [6.45, 7) is 2.10. The van der Waals surface area contributed by atoms with Crippen molar-refractivity contribution in [3.63, 3.8) is 0 Å². The van der Waals surface area contributed by atoms with E-state index in [0.29, 0.717) is 53.0 Å². The van der Waals surface area contributed by atoms with Gasteiger partial charge in [-0.05, 0) is 54.1 Å². The van der Waals surface area contributed by atoms with E-state index in [1.54, 1.807) is 50.4 Å². The highest BCUT2D eigenvalue weighted by Gasteiger charge is 2.13. The first-order valence-corrected chi connectivity index (χ1v) is 9.50. The molecule has 10 nitrogen and oxygen atoms in total. The number of carbonyl (C=O) groups excluding carboxylic acids is 1. The minimum Gasteiger partial charge on any atom is -0.494 e. The molecule has 0 fully saturated rings. The van der Waals surface area contributed by atoms with Crippen LogP contribution in [-0.2, 0) is 4.79 Å². The van der Waals surface area contributed by atoms with Crippen molar-refractivity contribution in [2.24, 2.45) is 0 Å². The number of anilines is 1. The predicted molar refractivity (Wildman–Crippen MR) is 112 cm³/mol. The molecule has 3 rings (SSSR count). The minimum absolute atomic E-state index is 0.153. The van der Waals surface area contributed by atoms with Gasteiger partial charge in [-0.15, -0.1) is 5.10 Å². The van der Waals surface area contributed by atoms with E-state index in [4.69, 9.17) is 19.5 Å². The fourth-order valence-electron chi connectivity index (χ4n) is 2.88. The second-order valence-electron chi connectivity index (χ2n) is 6.50. The van der Waals surface area contributed by atoms with Crippen LogP contribution >= 0.6 is 0 Å². The molecule has 0 spiro atoms. The van der Waals surface area contributed by atoms with Crippen LogP contribution < -0.4 is 19.5 Å². The van der Waals surface area contributed by atoms with Crippen molar-refractivity contribution in [1.82, 2.24) is 20.2 Å². The van der Waals surface area contributed by atoms with Crippen molar-refractivity contribution in [1.29, 1.82) is 5.26 Å². The molecule has 0 saturated heterocycles. The summed E-state index contributed by atoms with van der Waals surface area (Å²) in [5, 5.41) is 23.3. The number of carbonyl (C=O) groups is 1. The van der Waals surface area contributed by atoms with Crippen molar-refractivity contribution in [3.8, 4) is 29.0 Å². The Hall–Kier alpha value is -4.13. The van der Waals surface area contributed by atoms with Gasteiger partial charge in [0.25, 0.3) is 0 Å². The van der Waals surface area contributed by atoms with Crippen molar-refractivity contribution in [3.05, 3.63) is 47.8 Å². The number of hydrogen-bond donors (Lipinski definition) is 1. The zero-order chi connectivity index (χ0) is 22.2. The second-order valence-corrected chi connectivity index (χ2v) is 6.50. The van der Waals surface area contributed by atoms with Crippen LogP contribution in [0, 0.1) is 18.3 Å². The Kier molecular flexibility index (Phi) is 7.01. The van der Waals surface area contributed by atoms with Gasteiger partial charge in [0.1, 0.15) is 11.4 Å². The molecule has 31 heavy (non-hydrogen) atoms. The third kappa shape index (κ3) is 5.27. The second kappa shape index (κ2) is 10.1. The third-order valence-corrected chi connectivity index (χ3v) is 4.41. The van der Waals surface area contributed by atoms with Crippen LogP contribution in [0.5, 0.6) is 17.2 Å². The van der Waals surface area contributed by atoms with Crippen molar-refractivity contribution < 1.29 is 19.0 Å². The van der Waals surface area contributed by atoms with Gasteiger partial charge in [0.05, 0.1) is 32.5 Å². The van der Waals surface area contributed by atoms with Crippen LogP contribution in [0.15, 0.2) is 36.4 Å². The first-order chi connectivity index (χ1) is 15.0. The maximum absolute atomic E-state index is 12.3. The van der Waals surface area contributed by atoms with Gasteiger partial charge in [-0.25, -0.2) is 0 Å². The third-order valence-electron chi connectivity index (χ3n) is 4.41. The van der Waals surface area contributed by atoms with E-state index in [1.165, 1.54) is 11.8 Å². The molecular formula is C21H22N6O4. The standard InChI is InChI=1S/C21H22N6O4/c1-14-24-25-26-27(14)17-12-16(7-9-18(17)29-2)23-21(28)5-4-10-31-19-8-6-15(13-22)11-20(19)30-3/h6-9,11-12H,4-5,10H2,1-3H3,(H,23,28). The molecule has 0 aliphatic carbocycles. The van der Waals surface area contributed by atoms with Gasteiger partial charge < -0.3 is 19.5 Å². The molecule has 0 atom stereocenters. The lowest BCUT2D eigenvalue weighted by atomic mass is 10.2. The number of nitrogens with zero attached hydrogens (tertiary/aromatic N) is 5. The number of hydrogen-bond acceptors (Lipinski definition) is 8. The van der Waals surface area contributed by atoms with Crippen LogP contribution in [0.2, 0.25) is 0 Å². The smallest absolute Gasteiger partial charge is 0.224 e. The SMILES string of the molecule is COc1cc(C#N)ccc1OCCCC(=O)Nc1ccc(OC)c(-n2nnnc2C)c1. The van der Waals surface area contributed by atoms with Crippen molar-refractivity contribution in [2.45, 2.75) is 19.8 Å². The van der Waals surface area contributed by atoms with E-state index in [0.717, 1.165) is 0 Å². The Morgan fingerprint density at radius 3 is 2.58 bits per heavy atom. The number of ether oxygens (including phenoxy) is 3. The minimum atomic E-state index is -0.153. The van der Waals surface area contributed by atoms with Crippen LogP contribution in [-0.4, -0.2) is 46.9 Å². The Labute approximate surface area is 179 Å². The summed E-state index contributed by atoms with van der Waals surface area (Å²) in [5.74, 6) is 2.03. The largest absolute Gasteiger partial charge is 0.494 e. The lowest BCUT2D eigenvalue weighted by Gasteiger charge is -2.12. The van der Waals surface area contributed by atoms with Crippen molar-refractivity contribution >= 4 is 11.6 Å². The number of aromatic nitrogens is 4. The lowest BCUT2D eigenvalue weighted by Crippen LogP contribution is -2.13. The van der Waals surface area contributed by atoms with E-state index in [1.807, 2.05) is 6.07 Å². The quantitative estimate of drug-likeness (QED) is 0.522. The summed E-state index contributed by atoms with van der Waals surface area (Å²) < 4.78 is 17.8. The zero-order valence-corrected chi connectivity index (χ0v) is 17.5. The molecule has 1 heterocycles. The van der Waals surface area contributed by atoms with E-state index in [2.05, 4.69) is 20.8 Å². The Bertz CT molecular complexity index is 1110. The lowest BCUT2D eigenvalue weighted by molar-refractivity contribution is -0.116. The number of nitrogens with one attached hydrogen (secondary N) is 1. The normalized spacial score (nSPS) is 10.3. The Morgan fingerprint density at radius 1 is 1.13 bits per heavy atom. The number of aryl methyl sites for hydroxylation is 1. The van der Waals surface area contributed by atoms with E-state index in [-0.39, 0.29) is 12.3 Å². The molecule has 2 aromatic carbocycles. The first kappa shape index (κ1) is 21.6. The van der Waals surface area contributed by atoms with Gasteiger partial charge in [0, 0.05) is 18.2 Å². The number of nitriles is 1. The zero-order valence-electron chi connectivity index (χ0n) is 17.5. The summed E-state index contributed by atoms with van der Waals surface area (Å²) in [4.78, 5) is 12.3. The summed E-state index contributed by atoms with van der Waals surface area (Å²) >= 11 is 0. The van der Waals surface area contributed by atoms with Gasteiger partial charge in [-0.1, -0.05) is 0 Å². The molecule has 10 heteroatoms.